The molecule has 3 heteroatoms. The summed E-state index contributed by atoms with van der Waals surface area (Å²) in [6.07, 6.45) is 2.41. The summed E-state index contributed by atoms with van der Waals surface area (Å²) < 4.78 is 5.06. The highest BCUT2D eigenvalue weighted by molar-refractivity contribution is 5.95. The molecule has 1 aromatic rings. The van der Waals surface area contributed by atoms with Crippen molar-refractivity contribution in [2.24, 2.45) is 0 Å². The van der Waals surface area contributed by atoms with Gasteiger partial charge in [0.1, 0.15) is 0 Å². The number of carbonyl (C=O) groups excluding carboxylic acids is 1. The molecule has 0 aliphatic carbocycles. The fourth-order valence-corrected chi connectivity index (χ4v) is 2.09. The number of para-hydroxylation sites is 1. The Morgan fingerprint density at radius 3 is 2.69 bits per heavy atom. The molecule has 0 atom stereocenters. The second-order valence-corrected chi connectivity index (χ2v) is 3.93. The summed E-state index contributed by atoms with van der Waals surface area (Å²) >= 11 is 0. The molecule has 3 nitrogen and oxygen atoms in total. The SMILES string of the molecule is CCOC(=O)c1ccccc1N1CCCC1. The molecule has 0 N–H and O–H groups in total. The highest BCUT2D eigenvalue weighted by atomic mass is 16.5. The number of esters is 1. The summed E-state index contributed by atoms with van der Waals surface area (Å²) in [7, 11) is 0. The van der Waals surface area contributed by atoms with Crippen LogP contribution in [0.4, 0.5) is 5.69 Å². The van der Waals surface area contributed by atoms with Gasteiger partial charge in [0.25, 0.3) is 0 Å². The third-order valence-corrected chi connectivity index (χ3v) is 2.85. The minimum absolute atomic E-state index is 0.218. The van der Waals surface area contributed by atoms with Crippen LogP contribution in [0.5, 0.6) is 0 Å². The van der Waals surface area contributed by atoms with Gasteiger partial charge in [0, 0.05) is 13.1 Å². The van der Waals surface area contributed by atoms with Crippen molar-refractivity contribution in [3.05, 3.63) is 29.8 Å². The third kappa shape index (κ3) is 2.18. The molecule has 16 heavy (non-hydrogen) atoms. The molecule has 2 rings (SSSR count). The molecule has 1 fully saturated rings. The Morgan fingerprint density at radius 2 is 2.00 bits per heavy atom. The van der Waals surface area contributed by atoms with Gasteiger partial charge in [-0.15, -0.1) is 0 Å². The van der Waals surface area contributed by atoms with Gasteiger partial charge in [0.2, 0.25) is 0 Å². The first-order valence-corrected chi connectivity index (χ1v) is 5.84. The molecule has 0 aromatic heterocycles. The molecular formula is C13H17NO2. The lowest BCUT2D eigenvalue weighted by Crippen LogP contribution is -2.21. The molecule has 0 saturated carbocycles. The number of carbonyl (C=O) groups is 1. The van der Waals surface area contributed by atoms with Crippen LogP contribution in [0.2, 0.25) is 0 Å². The number of benzene rings is 1. The lowest BCUT2D eigenvalue weighted by molar-refractivity contribution is 0.0527. The maximum absolute atomic E-state index is 11.8. The van der Waals surface area contributed by atoms with Gasteiger partial charge < -0.3 is 9.64 Å². The van der Waals surface area contributed by atoms with Crippen LogP contribution in [0.25, 0.3) is 0 Å². The number of hydrogen-bond acceptors (Lipinski definition) is 3. The largest absolute Gasteiger partial charge is 0.462 e. The first kappa shape index (κ1) is 11.0. The monoisotopic (exact) mass is 219 g/mol. The first-order valence-electron chi connectivity index (χ1n) is 5.84. The van der Waals surface area contributed by atoms with Gasteiger partial charge >= 0.3 is 5.97 Å². The topological polar surface area (TPSA) is 29.5 Å². The average molecular weight is 219 g/mol. The predicted molar refractivity (Wildman–Crippen MR) is 63.8 cm³/mol. The molecule has 1 aliphatic heterocycles. The fourth-order valence-electron chi connectivity index (χ4n) is 2.09. The average Bonchev–Trinajstić information content (AvgIpc) is 2.83. The Bertz CT molecular complexity index is 370. The van der Waals surface area contributed by atoms with Crippen LogP contribution in [-0.2, 0) is 4.74 Å². The molecule has 0 unspecified atom stereocenters. The Labute approximate surface area is 96.0 Å². The Balaban J connectivity index is 2.26. The Morgan fingerprint density at radius 1 is 1.31 bits per heavy atom. The highest BCUT2D eigenvalue weighted by Gasteiger charge is 2.19. The van der Waals surface area contributed by atoms with Crippen molar-refractivity contribution < 1.29 is 9.53 Å². The van der Waals surface area contributed by atoms with Crippen molar-refractivity contribution in [1.82, 2.24) is 0 Å². The smallest absolute Gasteiger partial charge is 0.340 e. The van der Waals surface area contributed by atoms with Gasteiger partial charge in [-0.25, -0.2) is 4.79 Å². The van der Waals surface area contributed by atoms with E-state index >= 15 is 0 Å². The van der Waals surface area contributed by atoms with Crippen LogP contribution in [-0.4, -0.2) is 25.7 Å². The van der Waals surface area contributed by atoms with E-state index < -0.39 is 0 Å². The van der Waals surface area contributed by atoms with Crippen molar-refractivity contribution in [2.45, 2.75) is 19.8 Å². The minimum Gasteiger partial charge on any atom is -0.462 e. The molecule has 1 aliphatic rings. The van der Waals surface area contributed by atoms with Crippen molar-refractivity contribution in [3.8, 4) is 0 Å². The van der Waals surface area contributed by atoms with Crippen LogP contribution < -0.4 is 4.90 Å². The van der Waals surface area contributed by atoms with Crippen molar-refractivity contribution >= 4 is 11.7 Å². The highest BCUT2D eigenvalue weighted by Crippen LogP contribution is 2.24. The third-order valence-electron chi connectivity index (χ3n) is 2.85. The van der Waals surface area contributed by atoms with Gasteiger partial charge in [-0.1, -0.05) is 12.1 Å². The number of anilines is 1. The molecule has 86 valence electrons. The summed E-state index contributed by atoms with van der Waals surface area (Å²) in [5, 5.41) is 0. The van der Waals surface area contributed by atoms with E-state index in [1.165, 1.54) is 12.8 Å². The van der Waals surface area contributed by atoms with Gasteiger partial charge in [0.15, 0.2) is 0 Å². The predicted octanol–water partition coefficient (Wildman–Crippen LogP) is 2.46. The van der Waals surface area contributed by atoms with E-state index in [0.29, 0.717) is 12.2 Å². The fraction of sp³-hybridized carbons (Fsp3) is 0.462. The second kappa shape index (κ2) is 5.01. The van der Waals surface area contributed by atoms with Crippen LogP contribution in [0, 0.1) is 0 Å². The molecule has 0 radical (unpaired) electrons. The zero-order valence-electron chi connectivity index (χ0n) is 9.61. The van der Waals surface area contributed by atoms with Crippen molar-refractivity contribution in [3.63, 3.8) is 0 Å². The van der Waals surface area contributed by atoms with E-state index in [0.717, 1.165) is 18.8 Å². The van der Waals surface area contributed by atoms with E-state index in [1.807, 2.05) is 31.2 Å². The van der Waals surface area contributed by atoms with E-state index in [9.17, 15) is 4.79 Å². The maximum Gasteiger partial charge on any atom is 0.340 e. The van der Waals surface area contributed by atoms with Gasteiger partial charge in [-0.05, 0) is 31.9 Å². The molecule has 1 aromatic carbocycles. The van der Waals surface area contributed by atoms with Gasteiger partial charge in [0.05, 0.1) is 17.9 Å². The standard InChI is InChI=1S/C13H17NO2/c1-2-16-13(15)11-7-3-4-8-12(11)14-9-5-6-10-14/h3-4,7-8H,2,5-6,9-10H2,1H3. The lowest BCUT2D eigenvalue weighted by atomic mass is 10.1. The van der Waals surface area contributed by atoms with Crippen LogP contribution in [0.15, 0.2) is 24.3 Å². The number of ether oxygens (including phenoxy) is 1. The Kier molecular flexibility index (Phi) is 3.44. The zero-order chi connectivity index (χ0) is 11.4. The van der Waals surface area contributed by atoms with E-state index in [-0.39, 0.29) is 5.97 Å². The first-order chi connectivity index (χ1) is 7.83. The van der Waals surface area contributed by atoms with Crippen molar-refractivity contribution in [2.75, 3.05) is 24.6 Å². The normalized spacial score (nSPS) is 15.2. The maximum atomic E-state index is 11.8. The minimum atomic E-state index is -0.218. The molecule has 1 heterocycles. The number of rotatable bonds is 3. The number of nitrogens with zero attached hydrogens (tertiary/aromatic N) is 1. The summed E-state index contributed by atoms with van der Waals surface area (Å²) in [4.78, 5) is 14.0. The number of hydrogen-bond donors (Lipinski definition) is 0. The molecule has 0 spiro atoms. The Hall–Kier alpha value is -1.51. The zero-order valence-corrected chi connectivity index (χ0v) is 9.61. The second-order valence-electron chi connectivity index (χ2n) is 3.93. The van der Waals surface area contributed by atoms with Crippen LogP contribution >= 0.6 is 0 Å². The summed E-state index contributed by atoms with van der Waals surface area (Å²) in [6.45, 7) is 4.33. The molecule has 1 saturated heterocycles. The van der Waals surface area contributed by atoms with E-state index in [2.05, 4.69) is 4.90 Å². The lowest BCUT2D eigenvalue weighted by Gasteiger charge is -2.20. The summed E-state index contributed by atoms with van der Waals surface area (Å²) in [5.74, 6) is -0.218. The van der Waals surface area contributed by atoms with Crippen molar-refractivity contribution in [1.29, 1.82) is 0 Å². The molecule has 0 bridgehead atoms. The van der Waals surface area contributed by atoms with Crippen LogP contribution in [0.3, 0.4) is 0 Å². The van der Waals surface area contributed by atoms with Gasteiger partial charge in [-0.3, -0.25) is 0 Å². The molecular weight excluding hydrogens is 202 g/mol. The quantitative estimate of drug-likeness (QED) is 0.731. The summed E-state index contributed by atoms with van der Waals surface area (Å²) in [6, 6.07) is 7.69. The van der Waals surface area contributed by atoms with Crippen LogP contribution in [0.1, 0.15) is 30.1 Å². The summed E-state index contributed by atoms with van der Waals surface area (Å²) in [5.41, 5.74) is 1.70. The molecule has 0 amide bonds. The van der Waals surface area contributed by atoms with E-state index in [1.54, 1.807) is 0 Å². The van der Waals surface area contributed by atoms with E-state index in [4.69, 9.17) is 4.74 Å². The van der Waals surface area contributed by atoms with Gasteiger partial charge in [-0.2, -0.15) is 0 Å².